The molecule has 1 aromatic carbocycles. The lowest BCUT2D eigenvalue weighted by atomic mass is 10.1. The lowest BCUT2D eigenvalue weighted by Crippen LogP contribution is -2.24. The lowest BCUT2D eigenvalue weighted by molar-refractivity contribution is 0.0515. The number of carbonyl (C=O) groups excluding carboxylic acids is 1. The van der Waals surface area contributed by atoms with Crippen LogP contribution in [0.1, 0.15) is 30.6 Å². The molecule has 0 amide bonds. The SMILES string of the molecule is CCOC(=O)c1c(-c2ccccc2)nn2c1O[C@H](C)CC2. The number of hydrogen-bond donors (Lipinski definition) is 0. The summed E-state index contributed by atoms with van der Waals surface area (Å²) < 4.78 is 12.8. The van der Waals surface area contributed by atoms with Gasteiger partial charge in [-0.1, -0.05) is 30.3 Å². The third kappa shape index (κ3) is 2.51. The van der Waals surface area contributed by atoms with Gasteiger partial charge >= 0.3 is 5.97 Å². The Labute approximate surface area is 123 Å². The molecule has 0 spiro atoms. The average molecular weight is 286 g/mol. The number of aryl methyl sites for hydroxylation is 1. The molecule has 0 unspecified atom stereocenters. The largest absolute Gasteiger partial charge is 0.474 e. The van der Waals surface area contributed by atoms with Crippen LogP contribution in [0.4, 0.5) is 0 Å². The first-order valence-electron chi connectivity index (χ1n) is 7.20. The Bertz CT molecular complexity index is 649. The van der Waals surface area contributed by atoms with Gasteiger partial charge in [-0.25, -0.2) is 9.48 Å². The van der Waals surface area contributed by atoms with Crippen molar-refractivity contribution >= 4 is 5.97 Å². The normalized spacial score (nSPS) is 17.0. The number of carbonyl (C=O) groups is 1. The van der Waals surface area contributed by atoms with Crippen LogP contribution in [0, 0.1) is 0 Å². The molecule has 1 aliphatic rings. The standard InChI is InChI=1S/C16H18N2O3/c1-3-20-16(19)13-14(12-7-5-4-6-8-12)17-18-10-9-11(2)21-15(13)18/h4-8,11H,3,9-10H2,1-2H3/t11-/m1/s1. The Hall–Kier alpha value is -2.30. The molecule has 1 atom stereocenters. The van der Waals surface area contributed by atoms with E-state index in [0.717, 1.165) is 18.5 Å². The molecule has 0 aliphatic carbocycles. The molecule has 0 radical (unpaired) electrons. The van der Waals surface area contributed by atoms with E-state index in [1.165, 1.54) is 0 Å². The molecule has 21 heavy (non-hydrogen) atoms. The highest BCUT2D eigenvalue weighted by Gasteiger charge is 2.30. The highest BCUT2D eigenvalue weighted by atomic mass is 16.5. The van der Waals surface area contributed by atoms with Crippen LogP contribution in [-0.2, 0) is 11.3 Å². The topological polar surface area (TPSA) is 53.3 Å². The molecule has 0 saturated carbocycles. The maximum absolute atomic E-state index is 12.3. The number of hydrogen-bond acceptors (Lipinski definition) is 4. The van der Waals surface area contributed by atoms with Crippen molar-refractivity contribution in [2.45, 2.75) is 32.9 Å². The van der Waals surface area contributed by atoms with E-state index in [-0.39, 0.29) is 12.1 Å². The van der Waals surface area contributed by atoms with Crippen LogP contribution < -0.4 is 4.74 Å². The van der Waals surface area contributed by atoms with Gasteiger partial charge in [0.15, 0.2) is 0 Å². The molecule has 5 nitrogen and oxygen atoms in total. The molecular formula is C16H18N2O3. The summed E-state index contributed by atoms with van der Waals surface area (Å²) in [5.41, 5.74) is 1.94. The van der Waals surface area contributed by atoms with E-state index in [0.29, 0.717) is 23.7 Å². The van der Waals surface area contributed by atoms with Crippen molar-refractivity contribution in [1.29, 1.82) is 0 Å². The van der Waals surface area contributed by atoms with Crippen molar-refractivity contribution in [3.05, 3.63) is 35.9 Å². The fourth-order valence-electron chi connectivity index (χ4n) is 2.46. The second kappa shape index (κ2) is 5.60. The summed E-state index contributed by atoms with van der Waals surface area (Å²) >= 11 is 0. The van der Waals surface area contributed by atoms with Crippen molar-refractivity contribution in [3.8, 4) is 17.1 Å². The van der Waals surface area contributed by atoms with Gasteiger partial charge in [0.1, 0.15) is 11.3 Å². The predicted molar refractivity (Wildman–Crippen MR) is 78.3 cm³/mol. The van der Waals surface area contributed by atoms with Crippen molar-refractivity contribution in [2.24, 2.45) is 0 Å². The van der Waals surface area contributed by atoms with E-state index in [9.17, 15) is 4.79 Å². The first kappa shape index (κ1) is 13.7. The molecule has 0 saturated heterocycles. The van der Waals surface area contributed by atoms with Crippen molar-refractivity contribution in [1.82, 2.24) is 9.78 Å². The zero-order valence-electron chi connectivity index (χ0n) is 12.2. The quantitative estimate of drug-likeness (QED) is 0.814. The summed E-state index contributed by atoms with van der Waals surface area (Å²) in [4.78, 5) is 12.3. The molecule has 0 N–H and O–H groups in total. The van der Waals surface area contributed by atoms with Gasteiger partial charge in [-0.05, 0) is 13.8 Å². The Balaban J connectivity index is 2.13. The van der Waals surface area contributed by atoms with Crippen LogP contribution in [0.15, 0.2) is 30.3 Å². The van der Waals surface area contributed by atoms with Gasteiger partial charge in [-0.2, -0.15) is 5.10 Å². The fraction of sp³-hybridized carbons (Fsp3) is 0.375. The summed E-state index contributed by atoms with van der Waals surface area (Å²) in [6, 6.07) is 9.64. The highest BCUT2D eigenvalue weighted by molar-refractivity contribution is 5.98. The number of aromatic nitrogens is 2. The molecule has 5 heteroatoms. The van der Waals surface area contributed by atoms with Gasteiger partial charge in [0.2, 0.25) is 5.88 Å². The number of rotatable bonds is 3. The van der Waals surface area contributed by atoms with Crippen molar-refractivity contribution in [3.63, 3.8) is 0 Å². The Morgan fingerprint density at radius 3 is 2.90 bits per heavy atom. The van der Waals surface area contributed by atoms with E-state index in [2.05, 4.69) is 5.10 Å². The molecule has 0 fully saturated rings. The first-order chi connectivity index (χ1) is 10.2. The molecule has 1 aliphatic heterocycles. The number of esters is 1. The van der Waals surface area contributed by atoms with Crippen LogP contribution in [0.3, 0.4) is 0 Å². The van der Waals surface area contributed by atoms with Crippen LogP contribution >= 0.6 is 0 Å². The molecule has 3 rings (SSSR count). The maximum Gasteiger partial charge on any atom is 0.345 e. The van der Waals surface area contributed by atoms with Crippen LogP contribution in [0.5, 0.6) is 5.88 Å². The number of benzene rings is 1. The lowest BCUT2D eigenvalue weighted by Gasteiger charge is -2.21. The number of nitrogens with zero attached hydrogens (tertiary/aromatic N) is 2. The summed E-state index contributed by atoms with van der Waals surface area (Å²) in [5.74, 6) is 0.137. The van der Waals surface area contributed by atoms with Gasteiger partial charge in [0.25, 0.3) is 0 Å². The summed E-state index contributed by atoms with van der Waals surface area (Å²) in [7, 11) is 0. The predicted octanol–water partition coefficient (Wildman–Crippen LogP) is 2.90. The van der Waals surface area contributed by atoms with Gasteiger partial charge in [-0.3, -0.25) is 0 Å². The molecular weight excluding hydrogens is 268 g/mol. The van der Waals surface area contributed by atoms with E-state index < -0.39 is 0 Å². The smallest absolute Gasteiger partial charge is 0.345 e. The highest BCUT2D eigenvalue weighted by Crippen LogP contribution is 2.34. The average Bonchev–Trinajstić information content (AvgIpc) is 2.87. The Morgan fingerprint density at radius 2 is 2.19 bits per heavy atom. The minimum atomic E-state index is -0.383. The monoisotopic (exact) mass is 286 g/mol. The third-order valence-corrected chi connectivity index (χ3v) is 3.49. The molecule has 2 aromatic rings. The van der Waals surface area contributed by atoms with Crippen LogP contribution in [-0.4, -0.2) is 28.5 Å². The first-order valence-corrected chi connectivity index (χ1v) is 7.20. The summed E-state index contributed by atoms with van der Waals surface area (Å²) in [6.45, 7) is 4.86. The Kier molecular flexibility index (Phi) is 3.64. The zero-order chi connectivity index (χ0) is 14.8. The second-order valence-corrected chi connectivity index (χ2v) is 5.06. The van der Waals surface area contributed by atoms with E-state index >= 15 is 0 Å². The summed E-state index contributed by atoms with van der Waals surface area (Å²) in [5, 5.41) is 4.55. The Morgan fingerprint density at radius 1 is 1.43 bits per heavy atom. The van der Waals surface area contributed by atoms with E-state index in [1.54, 1.807) is 11.6 Å². The molecule has 1 aromatic heterocycles. The molecule has 110 valence electrons. The minimum Gasteiger partial charge on any atom is -0.474 e. The number of ether oxygens (including phenoxy) is 2. The second-order valence-electron chi connectivity index (χ2n) is 5.06. The zero-order valence-corrected chi connectivity index (χ0v) is 12.2. The van der Waals surface area contributed by atoms with Gasteiger partial charge in [-0.15, -0.1) is 0 Å². The van der Waals surface area contributed by atoms with E-state index in [1.807, 2.05) is 37.3 Å². The van der Waals surface area contributed by atoms with E-state index in [4.69, 9.17) is 9.47 Å². The van der Waals surface area contributed by atoms with Crippen LogP contribution in [0.25, 0.3) is 11.3 Å². The van der Waals surface area contributed by atoms with Gasteiger partial charge in [0.05, 0.1) is 12.7 Å². The minimum absolute atomic E-state index is 0.0750. The fourth-order valence-corrected chi connectivity index (χ4v) is 2.46. The molecule has 0 bridgehead atoms. The van der Waals surface area contributed by atoms with Gasteiger partial charge < -0.3 is 9.47 Å². The van der Waals surface area contributed by atoms with Gasteiger partial charge in [0, 0.05) is 18.5 Å². The van der Waals surface area contributed by atoms with Crippen molar-refractivity contribution < 1.29 is 14.3 Å². The maximum atomic E-state index is 12.3. The molecule has 2 heterocycles. The van der Waals surface area contributed by atoms with Crippen molar-refractivity contribution in [2.75, 3.05) is 6.61 Å². The third-order valence-electron chi connectivity index (χ3n) is 3.49. The summed E-state index contributed by atoms with van der Waals surface area (Å²) in [6.07, 6.45) is 0.955. The van der Waals surface area contributed by atoms with Crippen LogP contribution in [0.2, 0.25) is 0 Å². The number of fused-ring (bicyclic) bond motifs is 1.